The summed E-state index contributed by atoms with van der Waals surface area (Å²) in [7, 11) is 9.63. The molecule has 0 spiro atoms. The van der Waals surface area contributed by atoms with E-state index < -0.39 is 0 Å². The number of fused-ring (bicyclic) bond motifs is 1. The molecule has 0 aliphatic carbocycles. The van der Waals surface area contributed by atoms with Gasteiger partial charge < -0.3 is 0 Å². The van der Waals surface area contributed by atoms with Crippen LogP contribution in [0, 0.1) is 0 Å². The van der Waals surface area contributed by atoms with Gasteiger partial charge in [0.25, 0.3) is 0 Å². The van der Waals surface area contributed by atoms with E-state index in [-0.39, 0.29) is 15.9 Å². The molecule has 0 atom stereocenters. The Morgan fingerprint density at radius 2 is 1.86 bits per heavy atom. The monoisotopic (exact) mass is 416 g/mol. The Bertz CT molecular complexity index is 547. The van der Waals surface area contributed by atoms with Crippen molar-refractivity contribution in [3.8, 4) is 0 Å². The van der Waals surface area contributed by atoms with E-state index in [1.54, 1.807) is 0 Å². The van der Waals surface area contributed by atoms with Crippen LogP contribution in [0.15, 0.2) is 41.4 Å². The van der Waals surface area contributed by atoms with E-state index in [0.717, 1.165) is 17.8 Å². The number of hydrogen-bond acceptors (Lipinski definition) is 2. The number of halogens is 2. The van der Waals surface area contributed by atoms with Gasteiger partial charge in [-0.05, 0) is 18.6 Å². The third-order valence-electron chi connectivity index (χ3n) is 2.98. The molecule has 0 N–H and O–H groups in total. The van der Waals surface area contributed by atoms with Crippen LogP contribution in [0.2, 0.25) is 0 Å². The first kappa shape index (κ1) is 18.6. The van der Waals surface area contributed by atoms with E-state index >= 15 is 0 Å². The molecular weight excluding hydrogens is 398 g/mol. The maximum atomic E-state index is 4.81. The molecule has 0 aliphatic heterocycles. The van der Waals surface area contributed by atoms with Gasteiger partial charge in [0.15, 0.2) is 0 Å². The minimum atomic E-state index is -0.106. The van der Waals surface area contributed by atoms with Crippen LogP contribution < -0.4 is 0 Å². The molecule has 0 aliphatic rings. The van der Waals surface area contributed by atoms with E-state index in [2.05, 4.69) is 29.0 Å². The van der Waals surface area contributed by atoms with Crippen molar-refractivity contribution in [2.24, 2.45) is 4.99 Å². The second-order valence-electron chi connectivity index (χ2n) is 4.57. The second-order valence-corrected chi connectivity index (χ2v) is 6.93. The standard InChI is InChI=1S/C16H20N2.2ClH.Pd/c1-2-3-4-7-12-17-13-15-11-10-14-8-5-6-9-16(14)18-15;;;/h5-6,8-11,13H,2-4,7,12H2,1H3;2*1H;/q;;;+2/p-2. The number of nitrogens with zero attached hydrogens (tertiary/aromatic N) is 2. The Hall–Kier alpha value is -0.458. The van der Waals surface area contributed by atoms with Crippen LogP contribution in [0.1, 0.15) is 38.3 Å². The summed E-state index contributed by atoms with van der Waals surface area (Å²) in [5, 5.41) is 1.18. The molecule has 0 fully saturated rings. The summed E-state index contributed by atoms with van der Waals surface area (Å²) >= 11 is -0.106. The first-order valence-electron chi connectivity index (χ1n) is 6.99. The van der Waals surface area contributed by atoms with Crippen LogP contribution in [0.4, 0.5) is 0 Å². The molecule has 118 valence electrons. The van der Waals surface area contributed by atoms with Crippen molar-refractivity contribution < 1.29 is 15.9 Å². The Balaban J connectivity index is 0.000000677. The van der Waals surface area contributed by atoms with Gasteiger partial charge in [0.05, 0.1) is 11.2 Å². The second kappa shape index (κ2) is 12.1. The van der Waals surface area contributed by atoms with Gasteiger partial charge in [-0.3, -0.25) is 4.99 Å². The predicted octanol–water partition coefficient (Wildman–Crippen LogP) is 5.61. The van der Waals surface area contributed by atoms with Crippen molar-refractivity contribution >= 4 is 36.2 Å². The molecule has 2 rings (SSSR count). The third-order valence-corrected chi connectivity index (χ3v) is 2.98. The number of benzene rings is 1. The molecular formula is C16H20Cl2N2Pd. The van der Waals surface area contributed by atoms with Gasteiger partial charge in [0.1, 0.15) is 0 Å². The summed E-state index contributed by atoms with van der Waals surface area (Å²) in [5.74, 6) is 0. The molecule has 21 heavy (non-hydrogen) atoms. The fourth-order valence-corrected chi connectivity index (χ4v) is 1.94. The van der Waals surface area contributed by atoms with Crippen molar-refractivity contribution in [3.63, 3.8) is 0 Å². The zero-order valence-corrected chi connectivity index (χ0v) is 15.1. The van der Waals surface area contributed by atoms with Crippen LogP contribution in [-0.2, 0) is 15.9 Å². The Kier molecular flexibility index (Phi) is 10.7. The van der Waals surface area contributed by atoms with E-state index in [0.29, 0.717) is 0 Å². The number of aliphatic imine (C=N–C) groups is 1. The minimum absolute atomic E-state index is 0.106. The first-order chi connectivity index (χ1) is 10.3. The summed E-state index contributed by atoms with van der Waals surface area (Å²) in [6, 6.07) is 12.3. The van der Waals surface area contributed by atoms with E-state index in [4.69, 9.17) is 19.1 Å². The number of para-hydroxylation sites is 1. The average molecular weight is 418 g/mol. The number of unbranched alkanes of at least 4 members (excludes halogenated alkanes) is 3. The van der Waals surface area contributed by atoms with Gasteiger partial charge in [-0.25, -0.2) is 4.98 Å². The Morgan fingerprint density at radius 1 is 1.10 bits per heavy atom. The molecule has 2 aromatic rings. The zero-order chi connectivity index (χ0) is 15.3. The van der Waals surface area contributed by atoms with Crippen molar-refractivity contribution in [2.45, 2.75) is 32.6 Å². The first-order valence-corrected chi connectivity index (χ1v) is 11.0. The molecule has 2 nitrogen and oxygen atoms in total. The molecule has 0 amide bonds. The molecule has 0 radical (unpaired) electrons. The van der Waals surface area contributed by atoms with Crippen LogP contribution in [0.25, 0.3) is 10.9 Å². The molecule has 0 unspecified atom stereocenters. The SMILES string of the molecule is CCCCCCN=Cc1ccc2ccccc2n1.[Cl][Pd][Cl]. The molecule has 0 bridgehead atoms. The molecule has 0 saturated heterocycles. The van der Waals surface area contributed by atoms with Crippen LogP contribution in [0.3, 0.4) is 0 Å². The molecule has 0 saturated carbocycles. The van der Waals surface area contributed by atoms with E-state index in [9.17, 15) is 0 Å². The van der Waals surface area contributed by atoms with Gasteiger partial charge in [-0.2, -0.15) is 0 Å². The summed E-state index contributed by atoms with van der Waals surface area (Å²) in [5.41, 5.74) is 1.98. The van der Waals surface area contributed by atoms with Gasteiger partial charge in [0, 0.05) is 18.1 Å². The van der Waals surface area contributed by atoms with Crippen molar-refractivity contribution in [3.05, 3.63) is 42.1 Å². The third kappa shape index (κ3) is 7.93. The number of hydrogen-bond donors (Lipinski definition) is 0. The van der Waals surface area contributed by atoms with E-state index in [1.165, 1.54) is 31.1 Å². The molecule has 1 heterocycles. The van der Waals surface area contributed by atoms with Crippen molar-refractivity contribution in [2.75, 3.05) is 6.54 Å². The summed E-state index contributed by atoms with van der Waals surface area (Å²) < 4.78 is 0. The van der Waals surface area contributed by atoms with Gasteiger partial charge >= 0.3 is 35.0 Å². The zero-order valence-electron chi connectivity index (χ0n) is 12.0. The Labute approximate surface area is 143 Å². The van der Waals surface area contributed by atoms with Crippen LogP contribution >= 0.6 is 19.1 Å². The fourth-order valence-electron chi connectivity index (χ4n) is 1.94. The fraction of sp³-hybridized carbons (Fsp3) is 0.375. The van der Waals surface area contributed by atoms with Gasteiger partial charge in [-0.1, -0.05) is 50.5 Å². The quantitative estimate of drug-likeness (QED) is 0.341. The normalized spacial score (nSPS) is 10.8. The topological polar surface area (TPSA) is 25.2 Å². The van der Waals surface area contributed by atoms with Crippen LogP contribution in [0.5, 0.6) is 0 Å². The summed E-state index contributed by atoms with van der Waals surface area (Å²) in [6.07, 6.45) is 6.93. The molecule has 1 aromatic carbocycles. The maximum absolute atomic E-state index is 4.81. The molecule has 5 heteroatoms. The predicted molar refractivity (Wildman–Crippen MR) is 90.1 cm³/mol. The number of rotatable bonds is 6. The van der Waals surface area contributed by atoms with Crippen molar-refractivity contribution in [1.29, 1.82) is 0 Å². The van der Waals surface area contributed by atoms with Gasteiger partial charge in [-0.15, -0.1) is 0 Å². The van der Waals surface area contributed by atoms with Gasteiger partial charge in [0.2, 0.25) is 0 Å². The van der Waals surface area contributed by atoms with Crippen molar-refractivity contribution in [1.82, 2.24) is 4.98 Å². The van der Waals surface area contributed by atoms with E-state index in [1.807, 2.05) is 30.5 Å². The number of pyridine rings is 1. The number of aromatic nitrogens is 1. The molecule has 1 aromatic heterocycles. The van der Waals surface area contributed by atoms with Crippen LogP contribution in [-0.4, -0.2) is 17.7 Å². The summed E-state index contributed by atoms with van der Waals surface area (Å²) in [6.45, 7) is 3.14. The Morgan fingerprint density at radius 3 is 2.62 bits per heavy atom. The summed E-state index contributed by atoms with van der Waals surface area (Å²) in [4.78, 5) is 8.99. The average Bonchev–Trinajstić information content (AvgIpc) is 2.51.